The summed E-state index contributed by atoms with van der Waals surface area (Å²) in [4.78, 5) is 29.5. The molecule has 3 aromatic rings. The Morgan fingerprint density at radius 1 is 1.11 bits per heavy atom. The predicted molar refractivity (Wildman–Crippen MR) is 103 cm³/mol. The molecule has 140 valence electrons. The topological polar surface area (TPSA) is 68.9 Å². The first-order valence-corrected chi connectivity index (χ1v) is 9.05. The van der Waals surface area contributed by atoms with Crippen molar-refractivity contribution >= 4 is 11.7 Å². The van der Waals surface area contributed by atoms with Crippen LogP contribution in [-0.2, 0) is 24.9 Å². The molecular weight excluding hydrogens is 340 g/mol. The molecule has 0 bridgehead atoms. The molecule has 0 spiro atoms. The van der Waals surface area contributed by atoms with Gasteiger partial charge in [-0.25, -0.2) is 4.98 Å². The molecule has 2 aromatic heterocycles. The number of hydrogen-bond donors (Lipinski definition) is 1. The summed E-state index contributed by atoms with van der Waals surface area (Å²) in [5.41, 5.74) is 1.66. The minimum atomic E-state index is -0.390. The van der Waals surface area contributed by atoms with E-state index in [1.165, 1.54) is 0 Å². The van der Waals surface area contributed by atoms with Crippen molar-refractivity contribution in [2.75, 3.05) is 0 Å². The third-order valence-electron chi connectivity index (χ3n) is 4.64. The fourth-order valence-corrected chi connectivity index (χ4v) is 3.06. The zero-order valence-electron chi connectivity index (χ0n) is 15.4. The van der Waals surface area contributed by atoms with E-state index >= 15 is 0 Å². The third kappa shape index (κ3) is 5.17. The maximum Gasteiger partial charge on any atom is 0.223 e. The number of ketones is 1. The van der Waals surface area contributed by atoms with E-state index in [9.17, 15) is 9.59 Å². The van der Waals surface area contributed by atoms with Crippen LogP contribution >= 0.6 is 0 Å². The van der Waals surface area contributed by atoms with E-state index in [4.69, 9.17) is 0 Å². The van der Waals surface area contributed by atoms with Crippen LogP contribution in [0.5, 0.6) is 0 Å². The van der Waals surface area contributed by atoms with Crippen LogP contribution < -0.4 is 5.32 Å². The Kier molecular flexibility index (Phi) is 6.20. The summed E-state index contributed by atoms with van der Waals surface area (Å²) in [6, 6.07) is 13.4. The fraction of sp³-hybridized carbons (Fsp3) is 0.286. The number of benzene rings is 1. The van der Waals surface area contributed by atoms with Gasteiger partial charge in [0.1, 0.15) is 0 Å². The van der Waals surface area contributed by atoms with Crippen molar-refractivity contribution in [3.8, 4) is 0 Å². The highest BCUT2D eigenvalue weighted by Crippen LogP contribution is 2.16. The van der Waals surface area contributed by atoms with Crippen LogP contribution in [-0.4, -0.2) is 25.8 Å². The Bertz CT molecular complexity index is 869. The summed E-state index contributed by atoms with van der Waals surface area (Å²) in [5.74, 6) is -0.506. The van der Waals surface area contributed by atoms with Gasteiger partial charge in [0.25, 0.3) is 0 Å². The highest BCUT2D eigenvalue weighted by atomic mass is 16.2. The molecule has 0 aliphatic carbocycles. The zero-order chi connectivity index (χ0) is 19.1. The van der Waals surface area contributed by atoms with E-state index in [1.807, 2.05) is 60.4 Å². The summed E-state index contributed by atoms with van der Waals surface area (Å²) in [6.07, 6.45) is 7.89. The van der Waals surface area contributed by atoms with E-state index < -0.39 is 5.92 Å². The van der Waals surface area contributed by atoms with Crippen molar-refractivity contribution in [1.29, 1.82) is 0 Å². The van der Waals surface area contributed by atoms with Crippen molar-refractivity contribution in [1.82, 2.24) is 19.4 Å². The summed E-state index contributed by atoms with van der Waals surface area (Å²) in [6.45, 7) is 1.10. The van der Waals surface area contributed by atoms with E-state index in [2.05, 4.69) is 10.3 Å². The number of hydrogen-bond acceptors (Lipinski definition) is 3. The van der Waals surface area contributed by atoms with Crippen LogP contribution in [0.1, 0.15) is 28.9 Å². The van der Waals surface area contributed by atoms with E-state index in [0.29, 0.717) is 25.2 Å². The van der Waals surface area contributed by atoms with Gasteiger partial charge in [0.15, 0.2) is 5.78 Å². The van der Waals surface area contributed by atoms with Gasteiger partial charge >= 0.3 is 0 Å². The highest BCUT2D eigenvalue weighted by Gasteiger charge is 2.23. The largest absolute Gasteiger partial charge is 0.352 e. The molecule has 6 nitrogen and oxygen atoms in total. The lowest BCUT2D eigenvalue weighted by Gasteiger charge is -2.17. The Hall–Kier alpha value is -3.15. The Balaban J connectivity index is 1.65. The molecule has 0 fully saturated rings. The molecule has 1 N–H and O–H groups in total. The summed E-state index contributed by atoms with van der Waals surface area (Å²) in [5, 5.41) is 2.97. The number of carbonyl (C=O) groups is 2. The van der Waals surface area contributed by atoms with Crippen LogP contribution in [0.15, 0.2) is 67.4 Å². The Morgan fingerprint density at radius 3 is 2.59 bits per heavy atom. The van der Waals surface area contributed by atoms with Crippen molar-refractivity contribution in [3.63, 3.8) is 0 Å². The molecule has 1 atom stereocenters. The molecule has 1 aromatic carbocycles. The number of aromatic nitrogens is 3. The molecule has 6 heteroatoms. The quantitative estimate of drug-likeness (QED) is 0.594. The van der Waals surface area contributed by atoms with E-state index in [1.54, 1.807) is 23.2 Å². The lowest BCUT2D eigenvalue weighted by atomic mass is 9.96. The Labute approximate surface area is 158 Å². The second-order valence-electron chi connectivity index (χ2n) is 6.62. The van der Waals surface area contributed by atoms with Crippen molar-refractivity contribution in [3.05, 3.63) is 78.6 Å². The van der Waals surface area contributed by atoms with Gasteiger partial charge < -0.3 is 14.5 Å². The molecule has 0 radical (unpaired) electrons. The van der Waals surface area contributed by atoms with Crippen LogP contribution in [0.25, 0.3) is 0 Å². The fourth-order valence-electron chi connectivity index (χ4n) is 3.06. The lowest BCUT2D eigenvalue weighted by molar-refractivity contribution is -0.125. The standard InChI is InChI=1S/C21H24N4O2/c1-24-11-5-8-19(24)20(26)14-18(9-12-25-13-10-22-16-25)21(27)23-15-17-6-3-2-4-7-17/h2-8,10-11,13,16,18H,9,12,14-15H2,1H3,(H,23,27)/t18-/m1/s1. The monoisotopic (exact) mass is 364 g/mol. The molecular formula is C21H24N4O2. The van der Waals surface area contributed by atoms with Gasteiger partial charge in [-0.15, -0.1) is 0 Å². The summed E-state index contributed by atoms with van der Waals surface area (Å²) < 4.78 is 3.71. The van der Waals surface area contributed by atoms with Gasteiger partial charge in [0.2, 0.25) is 5.91 Å². The summed E-state index contributed by atoms with van der Waals surface area (Å²) >= 11 is 0. The second-order valence-corrected chi connectivity index (χ2v) is 6.62. The minimum Gasteiger partial charge on any atom is -0.352 e. The van der Waals surface area contributed by atoms with Gasteiger partial charge in [-0.3, -0.25) is 9.59 Å². The number of nitrogens with one attached hydrogen (secondary N) is 1. The first-order chi connectivity index (χ1) is 13.1. The number of rotatable bonds is 9. The van der Waals surface area contributed by atoms with Crippen molar-refractivity contribution in [2.24, 2.45) is 13.0 Å². The van der Waals surface area contributed by atoms with Crippen LogP contribution in [0.4, 0.5) is 0 Å². The number of aryl methyl sites for hydroxylation is 2. The van der Waals surface area contributed by atoms with Gasteiger partial charge in [-0.2, -0.15) is 0 Å². The smallest absolute Gasteiger partial charge is 0.223 e. The van der Waals surface area contributed by atoms with Crippen molar-refractivity contribution < 1.29 is 9.59 Å². The van der Waals surface area contributed by atoms with Gasteiger partial charge in [-0.1, -0.05) is 30.3 Å². The van der Waals surface area contributed by atoms with Gasteiger partial charge in [-0.05, 0) is 24.1 Å². The molecule has 0 aliphatic rings. The minimum absolute atomic E-state index is 0.0204. The SMILES string of the molecule is Cn1cccc1C(=O)C[C@@H](CCn1ccnc1)C(=O)NCc1ccccc1. The van der Waals surface area contributed by atoms with Gasteiger partial charge in [0.05, 0.1) is 12.0 Å². The second kappa shape index (κ2) is 8.98. The molecule has 0 saturated heterocycles. The molecule has 0 aliphatic heterocycles. The number of carbonyl (C=O) groups excluding carboxylic acids is 2. The van der Waals surface area contributed by atoms with E-state index in [-0.39, 0.29) is 18.1 Å². The lowest BCUT2D eigenvalue weighted by Crippen LogP contribution is -2.32. The maximum atomic E-state index is 12.8. The highest BCUT2D eigenvalue weighted by molar-refractivity contribution is 5.97. The molecule has 2 heterocycles. The summed E-state index contributed by atoms with van der Waals surface area (Å²) in [7, 11) is 1.84. The third-order valence-corrected chi connectivity index (χ3v) is 4.64. The molecule has 0 saturated carbocycles. The zero-order valence-corrected chi connectivity index (χ0v) is 15.4. The molecule has 3 rings (SSSR count). The average Bonchev–Trinajstić information content (AvgIpc) is 3.35. The maximum absolute atomic E-state index is 12.8. The Morgan fingerprint density at radius 2 is 1.93 bits per heavy atom. The first-order valence-electron chi connectivity index (χ1n) is 9.05. The number of amides is 1. The number of nitrogens with zero attached hydrogens (tertiary/aromatic N) is 3. The van der Waals surface area contributed by atoms with E-state index in [0.717, 1.165) is 5.56 Å². The number of Topliss-reactive ketones (excluding diaryl/α,β-unsaturated/α-hetero) is 1. The van der Waals surface area contributed by atoms with Crippen LogP contribution in [0.2, 0.25) is 0 Å². The normalized spacial score (nSPS) is 11.9. The number of imidazole rings is 1. The molecule has 0 unspecified atom stereocenters. The molecule has 1 amide bonds. The van der Waals surface area contributed by atoms with Crippen molar-refractivity contribution in [2.45, 2.75) is 25.9 Å². The predicted octanol–water partition coefficient (Wildman–Crippen LogP) is 2.82. The molecule has 27 heavy (non-hydrogen) atoms. The van der Waals surface area contributed by atoms with Gasteiger partial charge in [0, 0.05) is 51.1 Å². The van der Waals surface area contributed by atoms with Crippen LogP contribution in [0, 0.1) is 5.92 Å². The first kappa shape index (κ1) is 18.6. The average molecular weight is 364 g/mol. The van der Waals surface area contributed by atoms with Crippen LogP contribution in [0.3, 0.4) is 0 Å².